The van der Waals surface area contributed by atoms with E-state index in [2.05, 4.69) is 4.98 Å². The van der Waals surface area contributed by atoms with Gasteiger partial charge in [-0.15, -0.1) is 0 Å². The van der Waals surface area contributed by atoms with E-state index in [0.717, 1.165) is 22.4 Å². The Bertz CT molecular complexity index is 1150. The molecule has 0 spiro atoms. The number of nitrogens with two attached hydrogens (primary N) is 1. The van der Waals surface area contributed by atoms with Crippen LogP contribution >= 0.6 is 0 Å². The van der Waals surface area contributed by atoms with Crippen molar-refractivity contribution in [1.29, 1.82) is 0 Å². The second-order valence-corrected chi connectivity index (χ2v) is 7.65. The average molecular weight is 450 g/mol. The molecule has 170 valence electrons. The summed E-state index contributed by atoms with van der Waals surface area (Å²) in [6, 6.07) is 14.2. The minimum atomic E-state index is -0.950. The van der Waals surface area contributed by atoms with Crippen LogP contribution in [0.4, 0.5) is 9.18 Å². The van der Waals surface area contributed by atoms with Crippen molar-refractivity contribution in [2.45, 2.75) is 13.0 Å². The number of rotatable bonds is 7. The summed E-state index contributed by atoms with van der Waals surface area (Å²) in [5, 5.41) is 9.65. The molecule has 1 aliphatic heterocycles. The summed E-state index contributed by atoms with van der Waals surface area (Å²) in [5.74, 6) is 0.180. The summed E-state index contributed by atoms with van der Waals surface area (Å²) < 4.78 is 18.7. The van der Waals surface area contributed by atoms with E-state index >= 15 is 0 Å². The number of carbonyl (C=O) groups is 2. The summed E-state index contributed by atoms with van der Waals surface area (Å²) in [7, 11) is 0. The van der Waals surface area contributed by atoms with E-state index in [1.165, 1.54) is 12.1 Å². The van der Waals surface area contributed by atoms with Crippen LogP contribution in [0.2, 0.25) is 0 Å². The van der Waals surface area contributed by atoms with Crippen LogP contribution in [0.5, 0.6) is 5.75 Å². The highest BCUT2D eigenvalue weighted by atomic mass is 19.1. The van der Waals surface area contributed by atoms with Crippen molar-refractivity contribution in [3.8, 4) is 16.9 Å². The Morgan fingerprint density at radius 1 is 1.15 bits per heavy atom. The molecule has 0 radical (unpaired) electrons. The van der Waals surface area contributed by atoms with Crippen LogP contribution in [0, 0.1) is 5.82 Å². The maximum Gasteiger partial charge on any atom is 0.338 e. The van der Waals surface area contributed by atoms with Crippen LogP contribution in [0.1, 0.15) is 21.6 Å². The number of benzene rings is 2. The van der Waals surface area contributed by atoms with Gasteiger partial charge in [-0.2, -0.15) is 0 Å². The van der Waals surface area contributed by atoms with Gasteiger partial charge in [0.25, 0.3) is 5.91 Å². The van der Waals surface area contributed by atoms with E-state index in [4.69, 9.17) is 10.5 Å². The Morgan fingerprint density at radius 3 is 2.61 bits per heavy atom. The standard InChI is InChI=1S/C24H23FN4O4/c25-19-4-1-16(2-5-19)18-3-6-20(27-14-18)15-28-10-9-17-13-21(7-8-22(17)23(28)30)33-12-11-29(32)24(26)31/h1-8,13-14,32H,9-12,15H2,(H2,26,31). The van der Waals surface area contributed by atoms with E-state index in [1.54, 1.807) is 41.4 Å². The highest BCUT2D eigenvalue weighted by Gasteiger charge is 2.25. The molecule has 3 amide bonds. The van der Waals surface area contributed by atoms with Gasteiger partial charge in [0.2, 0.25) is 0 Å². The molecule has 0 aliphatic carbocycles. The Labute approximate surface area is 190 Å². The fourth-order valence-corrected chi connectivity index (χ4v) is 3.64. The molecule has 1 aliphatic rings. The predicted octanol–water partition coefficient (Wildman–Crippen LogP) is 3.23. The topological polar surface area (TPSA) is 109 Å². The summed E-state index contributed by atoms with van der Waals surface area (Å²) in [4.78, 5) is 30.0. The lowest BCUT2D eigenvalue weighted by Crippen LogP contribution is -2.37. The van der Waals surface area contributed by atoms with Crippen molar-refractivity contribution < 1.29 is 23.9 Å². The van der Waals surface area contributed by atoms with Crippen molar-refractivity contribution in [3.05, 3.63) is 83.4 Å². The van der Waals surface area contributed by atoms with Gasteiger partial charge in [-0.3, -0.25) is 15.0 Å². The number of urea groups is 1. The molecule has 3 N–H and O–H groups in total. The van der Waals surface area contributed by atoms with Crippen LogP contribution in [0.3, 0.4) is 0 Å². The maximum atomic E-state index is 13.1. The Kier molecular flexibility index (Phi) is 6.50. The first-order valence-corrected chi connectivity index (χ1v) is 10.4. The number of hydroxylamine groups is 2. The number of ether oxygens (including phenoxy) is 1. The van der Waals surface area contributed by atoms with Crippen LogP contribution in [0.25, 0.3) is 11.1 Å². The van der Waals surface area contributed by atoms with Gasteiger partial charge < -0.3 is 15.4 Å². The van der Waals surface area contributed by atoms with Crippen molar-refractivity contribution in [1.82, 2.24) is 14.9 Å². The van der Waals surface area contributed by atoms with Crippen LogP contribution < -0.4 is 10.5 Å². The molecule has 8 nitrogen and oxygen atoms in total. The zero-order chi connectivity index (χ0) is 23.4. The lowest BCUT2D eigenvalue weighted by Gasteiger charge is -2.28. The first kappa shape index (κ1) is 22.2. The highest BCUT2D eigenvalue weighted by molar-refractivity contribution is 5.96. The lowest BCUT2D eigenvalue weighted by molar-refractivity contribution is -0.0464. The molecule has 33 heavy (non-hydrogen) atoms. The second-order valence-electron chi connectivity index (χ2n) is 7.65. The first-order chi connectivity index (χ1) is 15.9. The summed E-state index contributed by atoms with van der Waals surface area (Å²) in [6.07, 6.45) is 2.39. The second kappa shape index (κ2) is 9.66. The molecule has 0 saturated carbocycles. The fourth-order valence-electron chi connectivity index (χ4n) is 3.64. The number of hydrogen-bond acceptors (Lipinski definition) is 5. The minimum Gasteiger partial charge on any atom is -0.492 e. The third-order valence-corrected chi connectivity index (χ3v) is 5.43. The van der Waals surface area contributed by atoms with Crippen LogP contribution in [-0.4, -0.2) is 51.8 Å². The van der Waals surface area contributed by atoms with Crippen molar-refractivity contribution in [2.75, 3.05) is 19.7 Å². The predicted molar refractivity (Wildman–Crippen MR) is 118 cm³/mol. The number of primary amides is 1. The largest absolute Gasteiger partial charge is 0.492 e. The molecule has 0 saturated heterocycles. The van der Waals surface area contributed by atoms with E-state index in [1.807, 2.05) is 12.1 Å². The SMILES string of the molecule is NC(=O)N(O)CCOc1ccc2c(c1)CCN(Cc1ccc(-c3ccc(F)cc3)cn1)C2=O. The highest BCUT2D eigenvalue weighted by Crippen LogP contribution is 2.25. The zero-order valence-corrected chi connectivity index (χ0v) is 17.8. The number of hydrogen-bond donors (Lipinski definition) is 2. The molecule has 0 fully saturated rings. The summed E-state index contributed by atoms with van der Waals surface area (Å²) in [6.45, 7) is 0.937. The quantitative estimate of drug-likeness (QED) is 0.424. The summed E-state index contributed by atoms with van der Waals surface area (Å²) >= 11 is 0. The van der Waals surface area contributed by atoms with Crippen molar-refractivity contribution in [3.63, 3.8) is 0 Å². The number of amides is 3. The maximum absolute atomic E-state index is 13.1. The number of aromatic nitrogens is 1. The van der Waals surface area contributed by atoms with E-state index in [-0.39, 0.29) is 24.9 Å². The Hall–Kier alpha value is -3.98. The van der Waals surface area contributed by atoms with Crippen molar-refractivity contribution in [2.24, 2.45) is 5.73 Å². The van der Waals surface area contributed by atoms with Gasteiger partial charge in [0, 0.05) is 23.9 Å². The van der Waals surface area contributed by atoms with Gasteiger partial charge in [-0.25, -0.2) is 14.2 Å². The lowest BCUT2D eigenvalue weighted by atomic mass is 9.98. The van der Waals surface area contributed by atoms with Gasteiger partial charge in [0.15, 0.2) is 0 Å². The van der Waals surface area contributed by atoms with E-state index < -0.39 is 6.03 Å². The molecule has 1 aromatic heterocycles. The molecule has 0 atom stereocenters. The third kappa shape index (κ3) is 5.27. The van der Waals surface area contributed by atoms with Crippen LogP contribution in [-0.2, 0) is 13.0 Å². The Balaban J connectivity index is 1.37. The molecule has 2 heterocycles. The first-order valence-electron chi connectivity index (χ1n) is 10.4. The molecular formula is C24H23FN4O4. The van der Waals surface area contributed by atoms with Gasteiger partial charge in [-0.05, 0) is 53.9 Å². The number of carbonyl (C=O) groups excluding carboxylic acids is 2. The minimum absolute atomic E-state index is 0.0634. The number of fused-ring (bicyclic) bond motifs is 1. The van der Waals surface area contributed by atoms with Gasteiger partial charge >= 0.3 is 6.03 Å². The number of pyridine rings is 1. The van der Waals surface area contributed by atoms with Gasteiger partial charge in [0.05, 0.1) is 18.8 Å². The smallest absolute Gasteiger partial charge is 0.338 e. The molecule has 0 unspecified atom stereocenters. The molecule has 4 rings (SSSR count). The van der Waals surface area contributed by atoms with Crippen molar-refractivity contribution >= 4 is 11.9 Å². The van der Waals surface area contributed by atoms with E-state index in [0.29, 0.717) is 35.9 Å². The zero-order valence-electron chi connectivity index (χ0n) is 17.8. The Morgan fingerprint density at radius 2 is 1.91 bits per heavy atom. The third-order valence-electron chi connectivity index (χ3n) is 5.43. The van der Waals surface area contributed by atoms with Crippen LogP contribution in [0.15, 0.2) is 60.8 Å². The molecule has 3 aromatic rings. The molecular weight excluding hydrogens is 427 g/mol. The number of halogens is 1. The average Bonchev–Trinajstić information content (AvgIpc) is 2.82. The molecule has 2 aromatic carbocycles. The van der Waals surface area contributed by atoms with E-state index in [9.17, 15) is 19.2 Å². The normalized spacial score (nSPS) is 12.9. The summed E-state index contributed by atoms with van der Waals surface area (Å²) in [5.41, 5.74) is 8.95. The van der Waals surface area contributed by atoms with Gasteiger partial charge in [0.1, 0.15) is 18.2 Å². The number of nitrogens with zero attached hydrogens (tertiary/aromatic N) is 3. The molecule has 0 bridgehead atoms. The monoisotopic (exact) mass is 450 g/mol. The fraction of sp³-hybridized carbons (Fsp3) is 0.208. The van der Waals surface area contributed by atoms with Gasteiger partial charge in [-0.1, -0.05) is 18.2 Å². The molecule has 9 heteroatoms.